The number of benzene rings is 4. The number of nitrogens with zero attached hydrogens (tertiary/aromatic N) is 1. The zero-order chi connectivity index (χ0) is 25.3. The van der Waals surface area contributed by atoms with Gasteiger partial charge in [-0.3, -0.25) is 4.79 Å². The lowest BCUT2D eigenvalue weighted by molar-refractivity contribution is 0.0732. The molecule has 178 valence electrons. The van der Waals surface area contributed by atoms with Gasteiger partial charge in [-0.2, -0.15) is 5.10 Å². The van der Waals surface area contributed by atoms with Crippen molar-refractivity contribution in [2.45, 2.75) is 0 Å². The summed E-state index contributed by atoms with van der Waals surface area (Å²) in [6.07, 6.45) is 1.34. The van der Waals surface area contributed by atoms with Gasteiger partial charge in [0, 0.05) is 21.7 Å². The maximum absolute atomic E-state index is 12.7. The molecule has 0 bridgehead atoms. The summed E-state index contributed by atoms with van der Waals surface area (Å²) in [5.41, 5.74) is 3.97. The smallest absolute Gasteiger partial charge is 0.343 e. The van der Waals surface area contributed by atoms with Crippen molar-refractivity contribution < 1.29 is 23.9 Å². The quantitative estimate of drug-likeness (QED) is 0.141. The highest BCUT2D eigenvalue weighted by molar-refractivity contribution is 9.10. The number of carbonyl (C=O) groups is 3. The molecule has 7 nitrogen and oxygen atoms in total. The molecule has 4 aromatic rings. The number of ether oxygens (including phenoxy) is 2. The minimum Gasteiger partial charge on any atom is -0.423 e. The van der Waals surface area contributed by atoms with E-state index in [2.05, 4.69) is 26.5 Å². The van der Waals surface area contributed by atoms with Crippen molar-refractivity contribution in [3.05, 3.63) is 130 Å². The first kappa shape index (κ1) is 24.6. The number of carbonyl (C=O) groups excluding carboxylic acids is 3. The van der Waals surface area contributed by atoms with E-state index in [4.69, 9.17) is 9.47 Å². The molecule has 8 heteroatoms. The van der Waals surface area contributed by atoms with E-state index in [0.29, 0.717) is 22.3 Å². The fourth-order valence-electron chi connectivity index (χ4n) is 3.07. The molecule has 0 aromatic heterocycles. The fourth-order valence-corrected chi connectivity index (χ4v) is 3.34. The molecule has 0 aliphatic carbocycles. The van der Waals surface area contributed by atoms with Gasteiger partial charge in [0.15, 0.2) is 0 Å². The number of rotatable bonds is 7. The van der Waals surface area contributed by atoms with Gasteiger partial charge in [0.2, 0.25) is 0 Å². The molecule has 0 atom stereocenters. The van der Waals surface area contributed by atoms with Crippen LogP contribution in [0.1, 0.15) is 36.6 Å². The molecule has 0 saturated heterocycles. The van der Waals surface area contributed by atoms with Crippen molar-refractivity contribution in [3.63, 3.8) is 0 Å². The zero-order valence-electron chi connectivity index (χ0n) is 18.8. The highest BCUT2D eigenvalue weighted by Crippen LogP contribution is 2.26. The zero-order valence-corrected chi connectivity index (χ0v) is 20.3. The Morgan fingerprint density at radius 2 is 1.28 bits per heavy atom. The Morgan fingerprint density at radius 1 is 0.694 bits per heavy atom. The summed E-state index contributed by atoms with van der Waals surface area (Å²) < 4.78 is 11.9. The third-order valence-electron chi connectivity index (χ3n) is 4.89. The molecular weight excluding hydrogens is 524 g/mol. The van der Waals surface area contributed by atoms with Gasteiger partial charge in [-0.25, -0.2) is 15.0 Å². The summed E-state index contributed by atoms with van der Waals surface area (Å²) in [6.45, 7) is 0. The summed E-state index contributed by atoms with van der Waals surface area (Å²) in [6, 6.07) is 28.3. The van der Waals surface area contributed by atoms with Crippen LogP contribution in [0.4, 0.5) is 0 Å². The molecule has 0 heterocycles. The van der Waals surface area contributed by atoms with E-state index in [-0.39, 0.29) is 11.5 Å². The Morgan fingerprint density at radius 3 is 1.89 bits per heavy atom. The molecular formula is C28H19BrN2O5. The van der Waals surface area contributed by atoms with Crippen molar-refractivity contribution in [3.8, 4) is 11.5 Å². The Labute approximate surface area is 215 Å². The highest BCUT2D eigenvalue weighted by Gasteiger charge is 2.15. The average molecular weight is 543 g/mol. The molecule has 0 saturated carbocycles. The van der Waals surface area contributed by atoms with E-state index in [9.17, 15) is 14.4 Å². The van der Waals surface area contributed by atoms with E-state index in [0.717, 1.165) is 4.47 Å². The molecule has 1 amide bonds. The minimum absolute atomic E-state index is 0.101. The van der Waals surface area contributed by atoms with E-state index >= 15 is 0 Å². The summed E-state index contributed by atoms with van der Waals surface area (Å²) in [5.74, 6) is -1.29. The van der Waals surface area contributed by atoms with Crippen LogP contribution < -0.4 is 14.9 Å². The highest BCUT2D eigenvalue weighted by atomic mass is 79.9. The maximum atomic E-state index is 12.7. The predicted octanol–water partition coefficient (Wildman–Crippen LogP) is 5.65. The van der Waals surface area contributed by atoms with Crippen LogP contribution in [0, 0.1) is 0 Å². The number of hydrogen-bond acceptors (Lipinski definition) is 6. The second-order valence-electron chi connectivity index (χ2n) is 7.42. The molecule has 0 radical (unpaired) electrons. The summed E-state index contributed by atoms with van der Waals surface area (Å²) >= 11 is 3.32. The van der Waals surface area contributed by atoms with Crippen molar-refractivity contribution in [2.75, 3.05) is 0 Å². The second kappa shape index (κ2) is 11.7. The summed E-state index contributed by atoms with van der Waals surface area (Å²) in [7, 11) is 0. The van der Waals surface area contributed by atoms with Gasteiger partial charge in [0.25, 0.3) is 5.91 Å². The molecule has 4 aromatic carbocycles. The van der Waals surface area contributed by atoms with Crippen molar-refractivity contribution in [2.24, 2.45) is 5.10 Å². The second-order valence-corrected chi connectivity index (χ2v) is 8.33. The van der Waals surface area contributed by atoms with Crippen molar-refractivity contribution in [1.29, 1.82) is 0 Å². The first-order chi connectivity index (χ1) is 17.5. The van der Waals surface area contributed by atoms with E-state index in [1.54, 1.807) is 97.1 Å². The van der Waals surface area contributed by atoms with Crippen LogP contribution >= 0.6 is 15.9 Å². The van der Waals surface area contributed by atoms with Crippen LogP contribution in [-0.2, 0) is 0 Å². The lowest BCUT2D eigenvalue weighted by atomic mass is 10.2. The van der Waals surface area contributed by atoms with Gasteiger partial charge in [0.1, 0.15) is 11.5 Å². The monoisotopic (exact) mass is 542 g/mol. The number of esters is 2. The third-order valence-corrected chi connectivity index (χ3v) is 5.42. The molecule has 1 N–H and O–H groups in total. The SMILES string of the molecule is O=C(N/N=C/c1ccc(OC(=O)c2ccccc2)cc1OC(=O)c1ccccc1)c1ccc(Br)cc1. The van der Waals surface area contributed by atoms with E-state index in [1.807, 2.05) is 0 Å². The number of hydrazone groups is 1. The fraction of sp³-hybridized carbons (Fsp3) is 0. The van der Waals surface area contributed by atoms with Gasteiger partial charge in [-0.05, 0) is 60.7 Å². The third kappa shape index (κ3) is 6.52. The van der Waals surface area contributed by atoms with Gasteiger partial charge in [-0.15, -0.1) is 0 Å². The normalized spacial score (nSPS) is 10.6. The Hall–Kier alpha value is -4.56. The predicted molar refractivity (Wildman–Crippen MR) is 138 cm³/mol. The van der Waals surface area contributed by atoms with Gasteiger partial charge >= 0.3 is 11.9 Å². The molecule has 4 rings (SSSR count). The van der Waals surface area contributed by atoms with E-state index in [1.165, 1.54) is 12.3 Å². The average Bonchev–Trinajstić information content (AvgIpc) is 2.91. The topological polar surface area (TPSA) is 94.1 Å². The molecule has 0 aliphatic heterocycles. The maximum Gasteiger partial charge on any atom is 0.343 e. The Balaban J connectivity index is 1.55. The van der Waals surface area contributed by atoms with Crippen LogP contribution in [-0.4, -0.2) is 24.1 Å². The first-order valence-electron chi connectivity index (χ1n) is 10.8. The summed E-state index contributed by atoms with van der Waals surface area (Å²) in [4.78, 5) is 37.4. The lowest BCUT2D eigenvalue weighted by Crippen LogP contribution is -2.17. The lowest BCUT2D eigenvalue weighted by Gasteiger charge is -2.10. The van der Waals surface area contributed by atoms with Gasteiger partial charge < -0.3 is 9.47 Å². The molecule has 0 spiro atoms. The molecule has 36 heavy (non-hydrogen) atoms. The van der Waals surface area contributed by atoms with Crippen molar-refractivity contribution >= 4 is 40.0 Å². The number of halogens is 1. The molecule has 0 fully saturated rings. The van der Waals surface area contributed by atoms with Gasteiger partial charge in [0.05, 0.1) is 17.3 Å². The standard InChI is InChI=1S/C28H19BrN2O5/c29-23-14-11-19(12-15-23)26(32)31-30-18-22-13-16-24(35-27(33)20-7-3-1-4-8-20)17-25(22)36-28(34)21-9-5-2-6-10-21/h1-18H,(H,31,32)/b30-18+. The number of nitrogens with one attached hydrogen (secondary N) is 1. The number of amides is 1. The van der Waals surface area contributed by atoms with Crippen LogP contribution in [0.5, 0.6) is 11.5 Å². The molecule has 0 unspecified atom stereocenters. The Bertz CT molecular complexity index is 1410. The van der Waals surface area contributed by atoms with Crippen LogP contribution in [0.3, 0.4) is 0 Å². The number of hydrogen-bond donors (Lipinski definition) is 1. The summed E-state index contributed by atoms with van der Waals surface area (Å²) in [5, 5.41) is 3.98. The van der Waals surface area contributed by atoms with Crippen molar-refractivity contribution in [1.82, 2.24) is 5.43 Å². The molecule has 0 aliphatic rings. The van der Waals surface area contributed by atoms with Crippen LogP contribution in [0.15, 0.2) is 113 Å². The largest absolute Gasteiger partial charge is 0.423 e. The first-order valence-corrected chi connectivity index (χ1v) is 11.6. The Kier molecular flexibility index (Phi) is 8.00. The van der Waals surface area contributed by atoms with Crippen LogP contribution in [0.25, 0.3) is 0 Å². The minimum atomic E-state index is -0.601. The van der Waals surface area contributed by atoms with E-state index < -0.39 is 17.8 Å². The van der Waals surface area contributed by atoms with Gasteiger partial charge in [-0.1, -0.05) is 52.3 Å². The van der Waals surface area contributed by atoms with Crippen LogP contribution in [0.2, 0.25) is 0 Å².